The van der Waals surface area contributed by atoms with Gasteiger partial charge in [-0.2, -0.15) is 0 Å². The summed E-state index contributed by atoms with van der Waals surface area (Å²) in [4.78, 5) is 15.0. The van der Waals surface area contributed by atoms with E-state index in [4.69, 9.17) is 22.1 Å². The highest BCUT2D eigenvalue weighted by Crippen LogP contribution is 2.26. The number of nitrogens with one attached hydrogen (secondary N) is 1. The molecular formula is C16H20N2O3S. The van der Waals surface area contributed by atoms with Gasteiger partial charge in [-0.05, 0) is 23.7 Å². The maximum Gasteiger partial charge on any atom is 0.255 e. The van der Waals surface area contributed by atoms with Gasteiger partial charge in [-0.1, -0.05) is 44.2 Å². The zero-order valence-electron chi connectivity index (χ0n) is 12.7. The number of aromatic amines is 1. The molecule has 22 heavy (non-hydrogen) atoms. The van der Waals surface area contributed by atoms with Crippen LogP contribution in [-0.2, 0) is 11.5 Å². The van der Waals surface area contributed by atoms with Gasteiger partial charge in [0.05, 0.1) is 18.9 Å². The summed E-state index contributed by atoms with van der Waals surface area (Å²) in [6.45, 7) is 4.28. The number of aromatic nitrogens is 2. The molecule has 0 aliphatic rings. The smallest absolute Gasteiger partial charge is 0.255 e. The summed E-state index contributed by atoms with van der Waals surface area (Å²) in [5.74, 6) is 0.0404. The van der Waals surface area contributed by atoms with E-state index in [-0.39, 0.29) is 31.4 Å². The third-order valence-electron chi connectivity index (χ3n) is 3.32. The highest BCUT2D eigenvalue weighted by Gasteiger charge is 2.17. The molecule has 0 amide bonds. The van der Waals surface area contributed by atoms with E-state index in [1.807, 2.05) is 44.2 Å². The molecule has 2 rings (SSSR count). The Bertz CT molecular complexity index is 735. The van der Waals surface area contributed by atoms with Crippen LogP contribution < -0.4 is 5.56 Å². The van der Waals surface area contributed by atoms with Gasteiger partial charge in [0, 0.05) is 5.56 Å². The fraction of sp³-hybridized carbons (Fsp3) is 0.375. The van der Waals surface area contributed by atoms with Crippen LogP contribution in [0, 0.1) is 4.77 Å². The van der Waals surface area contributed by atoms with Crippen molar-refractivity contribution < 1.29 is 9.84 Å². The highest BCUT2D eigenvalue weighted by molar-refractivity contribution is 7.71. The number of H-pyrrole nitrogens is 1. The van der Waals surface area contributed by atoms with Crippen LogP contribution in [0.25, 0.3) is 11.3 Å². The molecule has 1 heterocycles. The van der Waals surface area contributed by atoms with Crippen LogP contribution in [0.5, 0.6) is 0 Å². The van der Waals surface area contributed by atoms with E-state index >= 15 is 0 Å². The molecule has 0 aliphatic carbocycles. The van der Waals surface area contributed by atoms with Gasteiger partial charge >= 0.3 is 0 Å². The zero-order chi connectivity index (χ0) is 16.1. The SMILES string of the molecule is CC(C)c1c(-c2ccccc2)n(COCCO)c(=S)[nH]c1=O. The Balaban J connectivity index is 2.68. The van der Waals surface area contributed by atoms with Gasteiger partial charge in [-0.15, -0.1) is 0 Å². The summed E-state index contributed by atoms with van der Waals surface area (Å²) in [6.07, 6.45) is 0. The molecule has 0 unspecified atom stereocenters. The third-order valence-corrected chi connectivity index (χ3v) is 3.64. The second-order valence-electron chi connectivity index (χ2n) is 5.23. The van der Waals surface area contributed by atoms with Gasteiger partial charge in [0.2, 0.25) is 0 Å². The first-order valence-electron chi connectivity index (χ1n) is 7.17. The van der Waals surface area contributed by atoms with E-state index in [0.29, 0.717) is 10.3 Å². The average Bonchev–Trinajstić information content (AvgIpc) is 2.49. The standard InChI is InChI=1S/C16H20N2O3S/c1-11(2)13-14(12-6-4-3-5-7-12)18(10-21-9-8-19)16(22)17-15(13)20/h3-7,11,19H,8-10H2,1-2H3,(H,17,20,22). The molecule has 0 aliphatic heterocycles. The van der Waals surface area contributed by atoms with Crippen molar-refractivity contribution in [2.45, 2.75) is 26.5 Å². The van der Waals surface area contributed by atoms with Crippen LogP contribution in [0.1, 0.15) is 25.3 Å². The van der Waals surface area contributed by atoms with Crippen molar-refractivity contribution in [2.75, 3.05) is 13.2 Å². The van der Waals surface area contributed by atoms with Gasteiger partial charge in [0.25, 0.3) is 5.56 Å². The van der Waals surface area contributed by atoms with Crippen LogP contribution in [0.15, 0.2) is 35.1 Å². The Morgan fingerprint density at radius 1 is 1.32 bits per heavy atom. The Morgan fingerprint density at radius 2 is 2.00 bits per heavy atom. The van der Waals surface area contributed by atoms with Crippen LogP contribution in [0.3, 0.4) is 0 Å². The van der Waals surface area contributed by atoms with E-state index in [1.54, 1.807) is 4.57 Å². The molecule has 0 bridgehead atoms. The number of aliphatic hydroxyl groups excluding tert-OH is 1. The lowest BCUT2D eigenvalue weighted by Crippen LogP contribution is -2.23. The third kappa shape index (κ3) is 3.52. The predicted octanol–water partition coefficient (Wildman–Crippen LogP) is 2.66. The number of aliphatic hydroxyl groups is 1. The summed E-state index contributed by atoms with van der Waals surface area (Å²) in [6, 6.07) is 9.65. The number of hydrogen-bond acceptors (Lipinski definition) is 4. The first kappa shape index (κ1) is 16.6. The molecule has 1 aromatic carbocycles. The molecule has 0 saturated heterocycles. The van der Waals surface area contributed by atoms with E-state index in [0.717, 1.165) is 11.3 Å². The fourth-order valence-electron chi connectivity index (χ4n) is 2.37. The first-order valence-corrected chi connectivity index (χ1v) is 7.58. The minimum Gasteiger partial charge on any atom is -0.394 e. The normalized spacial score (nSPS) is 11.1. The lowest BCUT2D eigenvalue weighted by molar-refractivity contribution is 0.0474. The van der Waals surface area contributed by atoms with Crippen molar-refractivity contribution in [2.24, 2.45) is 0 Å². The molecule has 0 fully saturated rings. The molecule has 6 heteroatoms. The minimum atomic E-state index is -0.169. The Labute approximate surface area is 134 Å². The number of rotatable bonds is 6. The number of hydrogen-bond donors (Lipinski definition) is 2. The van der Waals surface area contributed by atoms with Crippen molar-refractivity contribution in [1.82, 2.24) is 9.55 Å². The van der Waals surface area contributed by atoms with Gasteiger partial charge < -0.3 is 9.84 Å². The van der Waals surface area contributed by atoms with E-state index in [2.05, 4.69) is 4.98 Å². The van der Waals surface area contributed by atoms with Crippen molar-refractivity contribution in [3.8, 4) is 11.3 Å². The number of benzene rings is 1. The van der Waals surface area contributed by atoms with E-state index in [9.17, 15) is 4.79 Å². The van der Waals surface area contributed by atoms with Gasteiger partial charge in [0.1, 0.15) is 6.73 Å². The summed E-state index contributed by atoms with van der Waals surface area (Å²) in [7, 11) is 0. The molecular weight excluding hydrogens is 300 g/mol. The van der Waals surface area contributed by atoms with E-state index in [1.165, 1.54) is 0 Å². The fourth-order valence-corrected chi connectivity index (χ4v) is 2.61. The molecule has 0 atom stereocenters. The minimum absolute atomic E-state index is 0.0404. The topological polar surface area (TPSA) is 67.2 Å². The maximum atomic E-state index is 12.3. The molecule has 2 N–H and O–H groups in total. The zero-order valence-corrected chi connectivity index (χ0v) is 13.5. The largest absolute Gasteiger partial charge is 0.394 e. The molecule has 2 aromatic rings. The molecule has 1 aromatic heterocycles. The summed E-state index contributed by atoms with van der Waals surface area (Å²) in [5, 5.41) is 8.87. The monoisotopic (exact) mass is 320 g/mol. The van der Waals surface area contributed by atoms with Crippen LogP contribution in [0.2, 0.25) is 0 Å². The lowest BCUT2D eigenvalue weighted by Gasteiger charge is -2.19. The molecule has 0 saturated carbocycles. The summed E-state index contributed by atoms with van der Waals surface area (Å²) < 4.78 is 7.48. The van der Waals surface area contributed by atoms with Gasteiger partial charge in [-0.3, -0.25) is 14.3 Å². The number of nitrogens with zero attached hydrogens (tertiary/aromatic N) is 1. The Morgan fingerprint density at radius 3 is 2.59 bits per heavy atom. The van der Waals surface area contributed by atoms with Crippen molar-refractivity contribution in [3.63, 3.8) is 0 Å². The Hall–Kier alpha value is -1.76. The second kappa shape index (κ2) is 7.49. The second-order valence-corrected chi connectivity index (χ2v) is 5.62. The summed E-state index contributed by atoms with van der Waals surface area (Å²) >= 11 is 5.29. The van der Waals surface area contributed by atoms with Crippen LogP contribution >= 0.6 is 12.2 Å². The molecule has 0 spiro atoms. The number of ether oxygens (including phenoxy) is 1. The molecule has 118 valence electrons. The highest BCUT2D eigenvalue weighted by atomic mass is 32.1. The van der Waals surface area contributed by atoms with Crippen molar-refractivity contribution >= 4 is 12.2 Å². The average molecular weight is 320 g/mol. The first-order chi connectivity index (χ1) is 10.6. The van der Waals surface area contributed by atoms with Gasteiger partial charge in [0.15, 0.2) is 4.77 Å². The van der Waals surface area contributed by atoms with Crippen LogP contribution in [-0.4, -0.2) is 27.9 Å². The van der Waals surface area contributed by atoms with Crippen LogP contribution in [0.4, 0.5) is 0 Å². The predicted molar refractivity (Wildman–Crippen MR) is 88.4 cm³/mol. The quantitative estimate of drug-likeness (QED) is 0.634. The van der Waals surface area contributed by atoms with E-state index < -0.39 is 0 Å². The Kier molecular flexibility index (Phi) is 5.65. The van der Waals surface area contributed by atoms with Crippen molar-refractivity contribution in [1.29, 1.82) is 0 Å². The summed E-state index contributed by atoms with van der Waals surface area (Å²) in [5.41, 5.74) is 2.18. The van der Waals surface area contributed by atoms with Crippen molar-refractivity contribution in [3.05, 3.63) is 51.0 Å². The molecule has 0 radical (unpaired) electrons. The lowest BCUT2D eigenvalue weighted by atomic mass is 9.98. The maximum absolute atomic E-state index is 12.3. The molecule has 5 nitrogen and oxygen atoms in total. The van der Waals surface area contributed by atoms with Gasteiger partial charge in [-0.25, -0.2) is 0 Å².